The van der Waals surface area contributed by atoms with Crippen LogP contribution in [0.15, 0.2) is 47.5 Å². The molecule has 0 heterocycles. The fourth-order valence-corrected chi connectivity index (χ4v) is 2.14. The van der Waals surface area contributed by atoms with Crippen LogP contribution in [0.4, 0.5) is 11.4 Å². The van der Waals surface area contributed by atoms with Crippen LogP contribution >= 0.6 is 0 Å². The van der Waals surface area contributed by atoms with E-state index in [1.165, 1.54) is 12.5 Å². The van der Waals surface area contributed by atoms with Crippen molar-refractivity contribution in [2.45, 2.75) is 20.4 Å². The summed E-state index contributed by atoms with van der Waals surface area (Å²) < 4.78 is 5.23. The average molecular weight is 326 g/mol. The molecule has 0 aromatic heterocycles. The molecule has 126 valence electrons. The Morgan fingerprint density at radius 1 is 1.17 bits per heavy atom. The van der Waals surface area contributed by atoms with Gasteiger partial charge in [0.05, 0.1) is 19.3 Å². The van der Waals surface area contributed by atoms with Crippen molar-refractivity contribution in [2.24, 2.45) is 10.7 Å². The zero-order chi connectivity index (χ0) is 17.5. The molecule has 2 rings (SSSR count). The second kappa shape index (κ2) is 8.01. The number of hydrogen-bond donors (Lipinski definition) is 3. The molecule has 0 saturated carbocycles. The van der Waals surface area contributed by atoms with E-state index in [1.807, 2.05) is 43.3 Å². The lowest BCUT2D eigenvalue weighted by Crippen LogP contribution is -2.22. The van der Waals surface area contributed by atoms with Crippen LogP contribution in [0.3, 0.4) is 0 Å². The molecule has 1 amide bonds. The van der Waals surface area contributed by atoms with Gasteiger partial charge in [0.25, 0.3) is 0 Å². The molecule has 2 aromatic rings. The SMILES string of the molecule is COc1ccc(CN=C(N)Nc2ccc(C)cc2)cc1NC(C)=O. The number of ether oxygens (including phenoxy) is 1. The number of hydrogen-bond acceptors (Lipinski definition) is 3. The first-order valence-corrected chi connectivity index (χ1v) is 7.56. The predicted molar refractivity (Wildman–Crippen MR) is 97.4 cm³/mol. The third-order valence-electron chi connectivity index (χ3n) is 3.33. The van der Waals surface area contributed by atoms with E-state index in [9.17, 15) is 4.79 Å². The standard InChI is InChI=1S/C18H22N4O2/c1-12-4-7-15(8-5-12)22-18(19)20-11-14-6-9-17(24-3)16(10-14)21-13(2)23/h4-10H,11H2,1-3H3,(H,21,23)(H3,19,20,22). The fraction of sp³-hybridized carbons (Fsp3) is 0.222. The van der Waals surface area contributed by atoms with E-state index in [0.29, 0.717) is 23.9 Å². The van der Waals surface area contributed by atoms with Crippen molar-refractivity contribution in [1.82, 2.24) is 0 Å². The number of guanidine groups is 1. The summed E-state index contributed by atoms with van der Waals surface area (Å²) in [4.78, 5) is 15.6. The number of anilines is 2. The van der Waals surface area contributed by atoms with Gasteiger partial charge in [0.15, 0.2) is 5.96 Å². The highest BCUT2D eigenvalue weighted by Crippen LogP contribution is 2.25. The van der Waals surface area contributed by atoms with Gasteiger partial charge >= 0.3 is 0 Å². The lowest BCUT2D eigenvalue weighted by Gasteiger charge is -2.10. The molecule has 4 N–H and O–H groups in total. The smallest absolute Gasteiger partial charge is 0.221 e. The molecule has 0 radical (unpaired) electrons. The highest BCUT2D eigenvalue weighted by atomic mass is 16.5. The molecule has 24 heavy (non-hydrogen) atoms. The van der Waals surface area contributed by atoms with Gasteiger partial charge in [0.1, 0.15) is 5.75 Å². The van der Waals surface area contributed by atoms with Gasteiger partial charge in [-0.2, -0.15) is 0 Å². The van der Waals surface area contributed by atoms with Crippen LogP contribution in [-0.4, -0.2) is 19.0 Å². The van der Waals surface area contributed by atoms with Crippen molar-refractivity contribution in [3.63, 3.8) is 0 Å². The molecule has 0 saturated heterocycles. The minimum absolute atomic E-state index is 0.158. The molecule has 0 aliphatic carbocycles. The molecule has 2 aromatic carbocycles. The molecular weight excluding hydrogens is 304 g/mol. The molecule has 0 unspecified atom stereocenters. The highest BCUT2D eigenvalue weighted by molar-refractivity contribution is 5.92. The summed E-state index contributed by atoms with van der Waals surface area (Å²) in [5.74, 6) is 0.772. The summed E-state index contributed by atoms with van der Waals surface area (Å²) in [6.45, 7) is 3.87. The maximum Gasteiger partial charge on any atom is 0.221 e. The fourth-order valence-electron chi connectivity index (χ4n) is 2.14. The molecule has 0 aliphatic heterocycles. The number of nitrogens with two attached hydrogens (primary N) is 1. The molecule has 0 fully saturated rings. The van der Waals surface area contributed by atoms with E-state index in [2.05, 4.69) is 15.6 Å². The van der Waals surface area contributed by atoms with Crippen molar-refractivity contribution in [2.75, 3.05) is 17.7 Å². The van der Waals surface area contributed by atoms with Crippen LogP contribution in [-0.2, 0) is 11.3 Å². The van der Waals surface area contributed by atoms with Crippen LogP contribution in [0.25, 0.3) is 0 Å². The van der Waals surface area contributed by atoms with Crippen molar-refractivity contribution in [1.29, 1.82) is 0 Å². The topological polar surface area (TPSA) is 88.7 Å². The van der Waals surface area contributed by atoms with E-state index < -0.39 is 0 Å². The highest BCUT2D eigenvalue weighted by Gasteiger charge is 2.06. The van der Waals surface area contributed by atoms with Gasteiger partial charge in [-0.1, -0.05) is 23.8 Å². The average Bonchev–Trinajstić information content (AvgIpc) is 2.55. The van der Waals surface area contributed by atoms with Crippen LogP contribution < -0.4 is 21.1 Å². The minimum atomic E-state index is -0.158. The van der Waals surface area contributed by atoms with Crippen molar-refractivity contribution >= 4 is 23.2 Å². The Hall–Kier alpha value is -3.02. The molecular formula is C18H22N4O2. The number of benzene rings is 2. The van der Waals surface area contributed by atoms with Gasteiger partial charge in [-0.3, -0.25) is 4.79 Å². The van der Waals surface area contributed by atoms with Gasteiger partial charge in [-0.05, 0) is 36.8 Å². The Morgan fingerprint density at radius 3 is 2.50 bits per heavy atom. The van der Waals surface area contributed by atoms with Crippen LogP contribution in [0.2, 0.25) is 0 Å². The number of nitrogens with one attached hydrogen (secondary N) is 2. The maximum absolute atomic E-state index is 11.3. The van der Waals surface area contributed by atoms with Crippen molar-refractivity contribution in [3.05, 3.63) is 53.6 Å². The van der Waals surface area contributed by atoms with Gasteiger partial charge in [-0.15, -0.1) is 0 Å². The van der Waals surface area contributed by atoms with Crippen molar-refractivity contribution in [3.8, 4) is 5.75 Å². The van der Waals surface area contributed by atoms with E-state index >= 15 is 0 Å². The maximum atomic E-state index is 11.3. The van der Waals surface area contributed by atoms with Gasteiger partial charge in [0.2, 0.25) is 5.91 Å². The van der Waals surface area contributed by atoms with E-state index in [1.54, 1.807) is 13.2 Å². The summed E-state index contributed by atoms with van der Waals surface area (Å²) in [5, 5.41) is 5.78. The molecule has 0 atom stereocenters. The zero-order valence-corrected chi connectivity index (χ0v) is 14.1. The number of amides is 1. The first-order valence-electron chi connectivity index (χ1n) is 7.56. The van der Waals surface area contributed by atoms with Crippen LogP contribution in [0.1, 0.15) is 18.1 Å². The normalized spacial score (nSPS) is 11.0. The Labute approximate surface area is 141 Å². The first-order chi connectivity index (χ1) is 11.5. The summed E-state index contributed by atoms with van der Waals surface area (Å²) in [5.41, 5.74) is 9.50. The summed E-state index contributed by atoms with van der Waals surface area (Å²) >= 11 is 0. The van der Waals surface area contributed by atoms with Crippen LogP contribution in [0, 0.1) is 6.92 Å². The second-order valence-electron chi connectivity index (χ2n) is 5.41. The molecule has 6 nitrogen and oxygen atoms in total. The van der Waals surface area contributed by atoms with Gasteiger partial charge < -0.3 is 21.1 Å². The lowest BCUT2D eigenvalue weighted by molar-refractivity contribution is -0.114. The number of aliphatic imine (C=N–C) groups is 1. The quantitative estimate of drug-likeness (QED) is 0.582. The monoisotopic (exact) mass is 326 g/mol. The van der Waals surface area contributed by atoms with Gasteiger partial charge in [-0.25, -0.2) is 4.99 Å². The number of methoxy groups -OCH3 is 1. The lowest BCUT2D eigenvalue weighted by atomic mass is 10.2. The summed E-state index contributed by atoms with van der Waals surface area (Å²) in [7, 11) is 1.56. The number of carbonyl (C=O) groups excluding carboxylic acids is 1. The third kappa shape index (κ3) is 5.01. The summed E-state index contributed by atoms with van der Waals surface area (Å²) in [6, 6.07) is 13.4. The molecule has 0 spiro atoms. The van der Waals surface area contributed by atoms with E-state index in [0.717, 1.165) is 11.3 Å². The number of nitrogens with zero attached hydrogens (tertiary/aromatic N) is 1. The minimum Gasteiger partial charge on any atom is -0.495 e. The Bertz CT molecular complexity index is 739. The zero-order valence-electron chi connectivity index (χ0n) is 14.1. The predicted octanol–water partition coefficient (Wildman–Crippen LogP) is 2.89. The van der Waals surface area contributed by atoms with Gasteiger partial charge in [0, 0.05) is 12.6 Å². The number of aryl methyl sites for hydroxylation is 1. The Balaban J connectivity index is 2.06. The number of carbonyl (C=O) groups is 1. The molecule has 6 heteroatoms. The molecule has 0 bridgehead atoms. The molecule has 0 aliphatic rings. The van der Waals surface area contributed by atoms with E-state index in [4.69, 9.17) is 10.5 Å². The number of rotatable bonds is 5. The van der Waals surface area contributed by atoms with Crippen LogP contribution in [0.5, 0.6) is 5.75 Å². The Kier molecular flexibility index (Phi) is 5.78. The largest absolute Gasteiger partial charge is 0.495 e. The third-order valence-corrected chi connectivity index (χ3v) is 3.33. The second-order valence-corrected chi connectivity index (χ2v) is 5.41. The van der Waals surface area contributed by atoms with E-state index in [-0.39, 0.29) is 5.91 Å². The first kappa shape index (κ1) is 17.3. The Morgan fingerprint density at radius 2 is 1.88 bits per heavy atom. The van der Waals surface area contributed by atoms with Crippen molar-refractivity contribution < 1.29 is 9.53 Å². The summed E-state index contributed by atoms with van der Waals surface area (Å²) in [6.07, 6.45) is 0.